The lowest BCUT2D eigenvalue weighted by Crippen LogP contribution is -2.03. The Bertz CT molecular complexity index is 794. The first-order valence-electron chi connectivity index (χ1n) is 6.38. The number of carbonyl (C=O) groups is 1. The maximum atomic E-state index is 11.9. The molecule has 0 aromatic carbocycles. The van der Waals surface area contributed by atoms with E-state index < -0.39 is 0 Å². The van der Waals surface area contributed by atoms with Crippen molar-refractivity contribution in [2.75, 3.05) is 13.7 Å². The molecule has 0 N–H and O–H groups in total. The summed E-state index contributed by atoms with van der Waals surface area (Å²) in [6.45, 7) is 2.11. The first kappa shape index (κ1) is 13.6. The first-order valence-corrected chi connectivity index (χ1v) is 7.20. The summed E-state index contributed by atoms with van der Waals surface area (Å²) in [5.74, 6) is 0.179. The molecule has 6 nitrogen and oxygen atoms in total. The molecule has 0 fully saturated rings. The SMILES string of the molecule is CCOC(=O)c1cnn2cc(-c3cccnc3OC)sc12. The summed E-state index contributed by atoms with van der Waals surface area (Å²) in [5.41, 5.74) is 1.33. The van der Waals surface area contributed by atoms with Crippen LogP contribution < -0.4 is 4.74 Å². The zero-order valence-corrected chi connectivity index (χ0v) is 12.4. The fourth-order valence-electron chi connectivity index (χ4n) is 2.00. The van der Waals surface area contributed by atoms with Gasteiger partial charge < -0.3 is 9.47 Å². The summed E-state index contributed by atoms with van der Waals surface area (Å²) in [6, 6.07) is 3.76. The minimum atomic E-state index is -0.362. The number of thiazole rings is 1. The molecule has 0 amide bonds. The van der Waals surface area contributed by atoms with Gasteiger partial charge in [-0.1, -0.05) is 0 Å². The number of rotatable bonds is 4. The van der Waals surface area contributed by atoms with E-state index in [2.05, 4.69) is 10.1 Å². The van der Waals surface area contributed by atoms with Gasteiger partial charge in [-0.2, -0.15) is 5.10 Å². The number of hydrogen-bond acceptors (Lipinski definition) is 6. The molecule has 0 aliphatic rings. The minimum absolute atomic E-state index is 0.338. The van der Waals surface area contributed by atoms with Gasteiger partial charge in [-0.15, -0.1) is 11.3 Å². The van der Waals surface area contributed by atoms with Gasteiger partial charge in [-0.05, 0) is 19.1 Å². The number of pyridine rings is 1. The quantitative estimate of drug-likeness (QED) is 0.693. The van der Waals surface area contributed by atoms with Crippen LogP contribution in [0, 0.1) is 0 Å². The van der Waals surface area contributed by atoms with Gasteiger partial charge in [0.2, 0.25) is 5.88 Å². The molecule has 3 aromatic rings. The molecular formula is C14H13N3O3S. The second-order valence-electron chi connectivity index (χ2n) is 4.18. The third-order valence-electron chi connectivity index (χ3n) is 2.92. The lowest BCUT2D eigenvalue weighted by molar-refractivity contribution is 0.0529. The minimum Gasteiger partial charge on any atom is -0.481 e. The van der Waals surface area contributed by atoms with Crippen molar-refractivity contribution >= 4 is 22.1 Å². The third-order valence-corrected chi connectivity index (χ3v) is 4.07. The molecular weight excluding hydrogens is 290 g/mol. The summed E-state index contributed by atoms with van der Waals surface area (Å²) in [5, 5.41) is 4.19. The van der Waals surface area contributed by atoms with Crippen LogP contribution in [0.15, 0.2) is 30.7 Å². The molecule has 3 aromatic heterocycles. The van der Waals surface area contributed by atoms with Gasteiger partial charge in [0.05, 0.1) is 30.4 Å². The molecule has 0 unspecified atom stereocenters. The number of nitrogens with zero attached hydrogens (tertiary/aromatic N) is 3. The van der Waals surface area contributed by atoms with Crippen LogP contribution in [0.1, 0.15) is 17.3 Å². The fourth-order valence-corrected chi connectivity index (χ4v) is 3.07. The Kier molecular flexibility index (Phi) is 3.57. The zero-order valence-electron chi connectivity index (χ0n) is 11.6. The smallest absolute Gasteiger partial charge is 0.342 e. The van der Waals surface area contributed by atoms with E-state index in [4.69, 9.17) is 9.47 Å². The van der Waals surface area contributed by atoms with E-state index >= 15 is 0 Å². The van der Waals surface area contributed by atoms with E-state index in [0.29, 0.717) is 18.1 Å². The summed E-state index contributed by atoms with van der Waals surface area (Å²) < 4.78 is 12.0. The average molecular weight is 303 g/mol. The van der Waals surface area contributed by atoms with Crippen molar-refractivity contribution < 1.29 is 14.3 Å². The lowest BCUT2D eigenvalue weighted by atomic mass is 10.2. The number of hydrogen-bond donors (Lipinski definition) is 0. The monoisotopic (exact) mass is 303 g/mol. The molecule has 3 heterocycles. The number of carbonyl (C=O) groups excluding carboxylic acids is 1. The van der Waals surface area contributed by atoms with Gasteiger partial charge in [-0.25, -0.2) is 14.3 Å². The fraction of sp³-hybridized carbons (Fsp3) is 0.214. The molecule has 3 rings (SSSR count). The third kappa shape index (κ3) is 2.36. The number of fused-ring (bicyclic) bond motifs is 1. The highest BCUT2D eigenvalue weighted by Gasteiger charge is 2.18. The molecule has 0 saturated heterocycles. The van der Waals surface area contributed by atoms with Crippen LogP contribution in [-0.4, -0.2) is 34.3 Å². The lowest BCUT2D eigenvalue weighted by Gasteiger charge is -2.03. The van der Waals surface area contributed by atoms with Crippen LogP contribution in [0.25, 0.3) is 15.3 Å². The van der Waals surface area contributed by atoms with Gasteiger partial charge in [0.25, 0.3) is 0 Å². The highest BCUT2D eigenvalue weighted by Crippen LogP contribution is 2.34. The van der Waals surface area contributed by atoms with Crippen molar-refractivity contribution in [3.63, 3.8) is 0 Å². The highest BCUT2D eigenvalue weighted by atomic mass is 32.1. The summed E-state index contributed by atoms with van der Waals surface area (Å²) >= 11 is 1.45. The largest absolute Gasteiger partial charge is 0.481 e. The van der Waals surface area contributed by atoms with E-state index in [1.165, 1.54) is 17.5 Å². The van der Waals surface area contributed by atoms with Gasteiger partial charge in [0.1, 0.15) is 10.4 Å². The number of aromatic nitrogens is 3. The Hall–Kier alpha value is -2.41. The molecule has 21 heavy (non-hydrogen) atoms. The van der Waals surface area contributed by atoms with Gasteiger partial charge in [-0.3, -0.25) is 0 Å². The zero-order chi connectivity index (χ0) is 14.8. The van der Waals surface area contributed by atoms with Crippen LogP contribution in [0.3, 0.4) is 0 Å². The summed E-state index contributed by atoms with van der Waals surface area (Å²) in [6.07, 6.45) is 5.04. The Balaban J connectivity index is 2.08. The van der Waals surface area contributed by atoms with Crippen molar-refractivity contribution in [3.8, 4) is 16.3 Å². The molecule has 7 heteroatoms. The number of esters is 1. The molecule has 0 aliphatic heterocycles. The maximum Gasteiger partial charge on any atom is 0.342 e. The molecule has 108 valence electrons. The average Bonchev–Trinajstić information content (AvgIpc) is 3.07. The van der Waals surface area contributed by atoms with Crippen molar-refractivity contribution in [2.24, 2.45) is 0 Å². The van der Waals surface area contributed by atoms with Gasteiger partial charge in [0, 0.05) is 12.4 Å². The highest BCUT2D eigenvalue weighted by molar-refractivity contribution is 7.21. The summed E-state index contributed by atoms with van der Waals surface area (Å²) in [7, 11) is 1.58. The van der Waals surface area contributed by atoms with Crippen molar-refractivity contribution in [1.29, 1.82) is 0 Å². The van der Waals surface area contributed by atoms with Crippen LogP contribution in [-0.2, 0) is 4.74 Å². The topological polar surface area (TPSA) is 65.7 Å². The summed E-state index contributed by atoms with van der Waals surface area (Å²) in [4.78, 5) is 17.7. The first-order chi connectivity index (χ1) is 10.2. The number of ether oxygens (including phenoxy) is 2. The molecule has 0 saturated carbocycles. The second kappa shape index (κ2) is 5.53. The van der Waals surface area contributed by atoms with Crippen molar-refractivity contribution in [3.05, 3.63) is 36.3 Å². The molecule has 0 atom stereocenters. The molecule has 0 radical (unpaired) electrons. The Morgan fingerprint density at radius 1 is 1.48 bits per heavy atom. The van der Waals surface area contributed by atoms with E-state index in [9.17, 15) is 4.79 Å². The standard InChI is InChI=1S/C14H13N3O3S/c1-3-20-14(18)10-7-16-17-8-11(21-13(10)17)9-5-4-6-15-12(9)19-2/h4-8H,3H2,1-2H3. The van der Waals surface area contributed by atoms with Crippen LogP contribution >= 0.6 is 11.3 Å². The predicted octanol–water partition coefficient (Wildman–Crippen LogP) is 2.64. The van der Waals surface area contributed by atoms with Crippen LogP contribution in [0.5, 0.6) is 5.88 Å². The Morgan fingerprint density at radius 2 is 2.33 bits per heavy atom. The van der Waals surface area contributed by atoms with Gasteiger partial charge in [0.15, 0.2) is 0 Å². The van der Waals surface area contributed by atoms with Crippen molar-refractivity contribution in [1.82, 2.24) is 14.6 Å². The van der Waals surface area contributed by atoms with E-state index in [-0.39, 0.29) is 5.97 Å². The molecule has 0 spiro atoms. The van der Waals surface area contributed by atoms with E-state index in [1.54, 1.807) is 24.7 Å². The maximum absolute atomic E-state index is 11.9. The number of methoxy groups -OCH3 is 1. The predicted molar refractivity (Wildman–Crippen MR) is 78.8 cm³/mol. The van der Waals surface area contributed by atoms with E-state index in [1.807, 2.05) is 18.3 Å². The Morgan fingerprint density at radius 3 is 3.10 bits per heavy atom. The van der Waals surface area contributed by atoms with Crippen molar-refractivity contribution in [2.45, 2.75) is 6.92 Å². The van der Waals surface area contributed by atoms with Gasteiger partial charge >= 0.3 is 5.97 Å². The normalized spacial score (nSPS) is 10.8. The van der Waals surface area contributed by atoms with Crippen LogP contribution in [0.2, 0.25) is 0 Å². The van der Waals surface area contributed by atoms with Crippen LogP contribution in [0.4, 0.5) is 0 Å². The van der Waals surface area contributed by atoms with E-state index in [0.717, 1.165) is 15.3 Å². The molecule has 0 aliphatic carbocycles. The Labute approximate surface area is 125 Å². The second-order valence-corrected chi connectivity index (χ2v) is 5.21. The molecule has 0 bridgehead atoms.